The van der Waals surface area contributed by atoms with E-state index in [1.54, 1.807) is 4.90 Å². The molecule has 2 heterocycles. The van der Waals surface area contributed by atoms with E-state index in [1.165, 1.54) is 24.5 Å². The molecule has 1 N–H and O–H groups in total. The number of nitrogens with one attached hydrogen (secondary N) is 1. The summed E-state index contributed by atoms with van der Waals surface area (Å²) in [6.07, 6.45) is 1.49. The van der Waals surface area contributed by atoms with Crippen molar-refractivity contribution < 1.29 is 8.78 Å². The fourth-order valence-electron chi connectivity index (χ4n) is 2.12. The molecule has 0 aliphatic heterocycles. The molecule has 0 spiro atoms. The molecule has 0 amide bonds. The van der Waals surface area contributed by atoms with Gasteiger partial charge in [-0.05, 0) is 12.1 Å². The first-order valence-corrected chi connectivity index (χ1v) is 6.36. The topological polar surface area (TPSA) is 57.7 Å². The van der Waals surface area contributed by atoms with Crippen molar-refractivity contribution in [1.29, 1.82) is 0 Å². The number of rotatable bonds is 3. The lowest BCUT2D eigenvalue weighted by molar-refractivity contribution is 0.559. The molecule has 21 heavy (non-hydrogen) atoms. The van der Waals surface area contributed by atoms with Crippen molar-refractivity contribution in [2.24, 2.45) is 0 Å². The van der Waals surface area contributed by atoms with E-state index in [9.17, 15) is 8.78 Å². The quantitative estimate of drug-likeness (QED) is 0.803. The Kier molecular flexibility index (Phi) is 3.25. The van der Waals surface area contributed by atoms with Gasteiger partial charge in [0, 0.05) is 26.1 Å². The summed E-state index contributed by atoms with van der Waals surface area (Å²) >= 11 is 0. The number of fused-ring (bicyclic) bond motifs is 1. The number of halogens is 2. The van der Waals surface area contributed by atoms with E-state index >= 15 is 0 Å². The van der Waals surface area contributed by atoms with Crippen LogP contribution in [0.1, 0.15) is 11.4 Å². The Morgan fingerprint density at radius 3 is 2.52 bits per heavy atom. The van der Waals surface area contributed by atoms with Crippen LogP contribution in [0.3, 0.4) is 0 Å². The number of nitrogens with zero attached hydrogens (tertiary/aromatic N) is 4. The normalized spacial score (nSPS) is 11.0. The van der Waals surface area contributed by atoms with Crippen molar-refractivity contribution in [1.82, 2.24) is 19.9 Å². The molecule has 7 heteroatoms. The lowest BCUT2D eigenvalue weighted by atomic mass is 10.1. The number of anilines is 1. The summed E-state index contributed by atoms with van der Waals surface area (Å²) in [5.74, 6) is -0.259. The summed E-state index contributed by atoms with van der Waals surface area (Å²) < 4.78 is 27.4. The van der Waals surface area contributed by atoms with Crippen LogP contribution >= 0.6 is 0 Å². The molecule has 1 aromatic carbocycles. The lowest BCUT2D eigenvalue weighted by Gasteiger charge is -2.13. The Morgan fingerprint density at radius 1 is 1.14 bits per heavy atom. The SMILES string of the molecule is CN(C)c1nc(Cc2c(F)cccc2F)nc2nc[nH]c12. The third-order valence-electron chi connectivity index (χ3n) is 3.13. The molecule has 0 aliphatic rings. The zero-order valence-electron chi connectivity index (χ0n) is 11.6. The molecule has 0 aliphatic carbocycles. The number of benzene rings is 1. The van der Waals surface area contributed by atoms with Gasteiger partial charge in [-0.2, -0.15) is 0 Å². The minimum atomic E-state index is -0.605. The van der Waals surface area contributed by atoms with Crippen LogP contribution in [0.15, 0.2) is 24.5 Å². The van der Waals surface area contributed by atoms with Gasteiger partial charge >= 0.3 is 0 Å². The van der Waals surface area contributed by atoms with Crippen LogP contribution in [0.2, 0.25) is 0 Å². The van der Waals surface area contributed by atoms with E-state index < -0.39 is 11.6 Å². The maximum absolute atomic E-state index is 13.7. The molecule has 5 nitrogen and oxygen atoms in total. The van der Waals surface area contributed by atoms with Gasteiger partial charge in [0.15, 0.2) is 11.5 Å². The fraction of sp³-hybridized carbons (Fsp3) is 0.214. The second-order valence-corrected chi connectivity index (χ2v) is 4.84. The Hall–Kier alpha value is -2.57. The van der Waals surface area contributed by atoms with Crippen molar-refractivity contribution in [2.75, 3.05) is 19.0 Å². The molecule has 3 rings (SSSR count). The monoisotopic (exact) mass is 289 g/mol. The highest BCUT2D eigenvalue weighted by molar-refractivity contribution is 5.82. The van der Waals surface area contributed by atoms with Gasteiger partial charge in [0.05, 0.1) is 6.33 Å². The van der Waals surface area contributed by atoms with Crippen molar-refractivity contribution in [3.8, 4) is 0 Å². The van der Waals surface area contributed by atoms with Crippen LogP contribution in [0.4, 0.5) is 14.6 Å². The van der Waals surface area contributed by atoms with Gasteiger partial charge in [-0.3, -0.25) is 0 Å². The average Bonchev–Trinajstić information content (AvgIpc) is 2.90. The van der Waals surface area contributed by atoms with Gasteiger partial charge < -0.3 is 9.88 Å². The molecular weight excluding hydrogens is 276 g/mol. The van der Waals surface area contributed by atoms with Gasteiger partial charge in [0.2, 0.25) is 0 Å². The van der Waals surface area contributed by atoms with Crippen LogP contribution in [0.25, 0.3) is 11.2 Å². The molecule has 108 valence electrons. The zero-order valence-corrected chi connectivity index (χ0v) is 11.6. The zero-order chi connectivity index (χ0) is 15.0. The third kappa shape index (κ3) is 2.42. The summed E-state index contributed by atoms with van der Waals surface area (Å²) in [4.78, 5) is 17.4. The molecule has 0 radical (unpaired) electrons. The van der Waals surface area contributed by atoms with Crippen molar-refractivity contribution in [3.05, 3.63) is 47.5 Å². The third-order valence-corrected chi connectivity index (χ3v) is 3.13. The van der Waals surface area contributed by atoms with E-state index in [-0.39, 0.29) is 12.0 Å². The Morgan fingerprint density at radius 2 is 1.86 bits per heavy atom. The average molecular weight is 289 g/mol. The molecule has 0 unspecified atom stereocenters. The van der Waals surface area contributed by atoms with E-state index in [1.807, 2.05) is 14.1 Å². The van der Waals surface area contributed by atoms with Gasteiger partial charge in [-0.25, -0.2) is 23.7 Å². The van der Waals surface area contributed by atoms with Gasteiger partial charge in [0.1, 0.15) is 23.0 Å². The molecule has 2 aromatic heterocycles. The predicted octanol–water partition coefficient (Wildman–Crippen LogP) is 2.29. The van der Waals surface area contributed by atoms with E-state index in [0.29, 0.717) is 22.8 Å². The second kappa shape index (κ2) is 5.08. The van der Waals surface area contributed by atoms with Gasteiger partial charge in [-0.1, -0.05) is 6.07 Å². The van der Waals surface area contributed by atoms with Crippen LogP contribution in [0.5, 0.6) is 0 Å². The smallest absolute Gasteiger partial charge is 0.183 e. The molecule has 0 bridgehead atoms. The first kappa shape index (κ1) is 13.4. The lowest BCUT2D eigenvalue weighted by Crippen LogP contribution is -2.14. The van der Waals surface area contributed by atoms with Crippen LogP contribution < -0.4 is 4.90 Å². The summed E-state index contributed by atoms with van der Waals surface area (Å²) in [6, 6.07) is 3.77. The minimum absolute atomic E-state index is 0.0256. The number of aromatic amines is 1. The largest absolute Gasteiger partial charge is 0.361 e. The Bertz CT molecular complexity index is 777. The number of H-pyrrole nitrogens is 1. The molecule has 0 atom stereocenters. The molecular formula is C14H13F2N5. The first-order valence-electron chi connectivity index (χ1n) is 6.36. The Labute approximate surface area is 119 Å². The molecule has 3 aromatic rings. The summed E-state index contributed by atoms with van der Waals surface area (Å²) in [5.41, 5.74) is 1.12. The van der Waals surface area contributed by atoms with Gasteiger partial charge in [-0.15, -0.1) is 0 Å². The highest BCUT2D eigenvalue weighted by Gasteiger charge is 2.15. The number of hydrogen-bond acceptors (Lipinski definition) is 4. The second-order valence-electron chi connectivity index (χ2n) is 4.84. The minimum Gasteiger partial charge on any atom is -0.361 e. The molecule has 0 fully saturated rings. The van der Waals surface area contributed by atoms with Gasteiger partial charge in [0.25, 0.3) is 0 Å². The van der Waals surface area contributed by atoms with Crippen LogP contribution in [-0.2, 0) is 6.42 Å². The standard InChI is InChI=1S/C14H13F2N5/c1-21(2)14-12-13(18-7-17-12)19-11(20-14)6-8-9(15)4-3-5-10(8)16/h3-5,7H,6H2,1-2H3,(H,17,18,19,20). The van der Waals surface area contributed by atoms with Crippen LogP contribution in [0, 0.1) is 11.6 Å². The van der Waals surface area contributed by atoms with Crippen molar-refractivity contribution in [2.45, 2.75) is 6.42 Å². The summed E-state index contributed by atoms with van der Waals surface area (Å²) in [7, 11) is 3.66. The van der Waals surface area contributed by atoms with Crippen molar-refractivity contribution >= 4 is 17.0 Å². The first-order chi connectivity index (χ1) is 10.1. The van der Waals surface area contributed by atoms with E-state index in [0.717, 1.165) is 0 Å². The summed E-state index contributed by atoms with van der Waals surface area (Å²) in [5, 5.41) is 0. The Balaban J connectivity index is 2.09. The maximum Gasteiger partial charge on any atom is 0.183 e. The molecule has 0 saturated heterocycles. The molecule has 0 saturated carbocycles. The number of hydrogen-bond donors (Lipinski definition) is 1. The maximum atomic E-state index is 13.7. The highest BCUT2D eigenvalue weighted by atomic mass is 19.1. The number of imidazole rings is 1. The fourth-order valence-corrected chi connectivity index (χ4v) is 2.12. The summed E-state index contributed by atoms with van der Waals surface area (Å²) in [6.45, 7) is 0. The van der Waals surface area contributed by atoms with Crippen LogP contribution in [-0.4, -0.2) is 34.0 Å². The van der Waals surface area contributed by atoms with Crippen molar-refractivity contribution in [3.63, 3.8) is 0 Å². The van der Waals surface area contributed by atoms with E-state index in [4.69, 9.17) is 0 Å². The van der Waals surface area contributed by atoms with E-state index in [2.05, 4.69) is 19.9 Å². The highest BCUT2D eigenvalue weighted by Crippen LogP contribution is 2.21. The number of aromatic nitrogens is 4. The predicted molar refractivity (Wildman–Crippen MR) is 75.2 cm³/mol.